The minimum absolute atomic E-state index is 0.00788. The topological polar surface area (TPSA) is 79.8 Å². The number of fused-ring (bicyclic) bond motifs is 11. The van der Waals surface area contributed by atoms with Crippen molar-refractivity contribution in [1.82, 2.24) is 11.0 Å². The van der Waals surface area contributed by atoms with Gasteiger partial charge in [0.2, 0.25) is 5.91 Å². The van der Waals surface area contributed by atoms with E-state index in [1.165, 1.54) is 5.56 Å². The average Bonchev–Trinajstić information content (AvgIpc) is 2.78. The molecule has 0 radical (unpaired) electrons. The Labute approximate surface area is 195 Å². The highest BCUT2D eigenvalue weighted by atomic mass is 35.5. The SMILES string of the molecule is C[C@@H]1Cc2ccc(cc2)OCCC[C@H](CONO)[C@@H](CCCc2ccc(Cl)cc2)C(=O)N1. The number of halogens is 1. The van der Waals surface area contributed by atoms with Gasteiger partial charge in [0.25, 0.3) is 0 Å². The van der Waals surface area contributed by atoms with Gasteiger partial charge in [-0.2, -0.15) is 0 Å². The maximum atomic E-state index is 13.3. The summed E-state index contributed by atoms with van der Waals surface area (Å²) in [4.78, 5) is 18.4. The Balaban J connectivity index is 1.71. The molecule has 0 fully saturated rings. The second-order valence-corrected chi connectivity index (χ2v) is 8.97. The van der Waals surface area contributed by atoms with E-state index in [1.54, 1.807) is 5.64 Å². The Kier molecular flexibility index (Phi) is 9.81. The molecule has 1 amide bonds. The highest BCUT2D eigenvalue weighted by molar-refractivity contribution is 6.30. The second kappa shape index (κ2) is 12.8. The van der Waals surface area contributed by atoms with Crippen LogP contribution in [0.5, 0.6) is 5.75 Å². The molecule has 0 unspecified atom stereocenters. The summed E-state index contributed by atoms with van der Waals surface area (Å²) in [5, 5.41) is 12.9. The summed E-state index contributed by atoms with van der Waals surface area (Å²) in [5.41, 5.74) is 4.13. The lowest BCUT2D eigenvalue weighted by atomic mass is 9.83. The van der Waals surface area contributed by atoms with Gasteiger partial charge in [-0.15, -0.1) is 0 Å². The number of benzene rings is 2. The van der Waals surface area contributed by atoms with Crippen LogP contribution in [-0.4, -0.2) is 30.4 Å². The highest BCUT2D eigenvalue weighted by Gasteiger charge is 2.29. The molecule has 6 nitrogen and oxygen atoms in total. The fourth-order valence-corrected chi connectivity index (χ4v) is 4.44. The van der Waals surface area contributed by atoms with Gasteiger partial charge in [-0.25, -0.2) is 0 Å². The van der Waals surface area contributed by atoms with E-state index >= 15 is 0 Å². The van der Waals surface area contributed by atoms with Crippen molar-refractivity contribution in [3.05, 3.63) is 64.7 Å². The van der Waals surface area contributed by atoms with E-state index in [0.717, 1.165) is 54.9 Å². The summed E-state index contributed by atoms with van der Waals surface area (Å²) in [6, 6.07) is 15.9. The standard InChI is InChI=1S/C25H33ClN2O4/c1-18-16-20-9-13-23(14-10-20)31-15-3-5-21(17-32-28-30)24(25(29)27-18)6-2-4-19-7-11-22(26)12-8-19/h7-14,18,21,24,28,30H,2-6,15-17H2,1H3,(H,27,29)/t18-,21-,24-/m1/s1. The lowest BCUT2D eigenvalue weighted by Gasteiger charge is -2.28. The molecule has 174 valence electrons. The molecule has 3 N–H and O–H groups in total. The summed E-state index contributed by atoms with van der Waals surface area (Å²) < 4.78 is 5.88. The van der Waals surface area contributed by atoms with Crippen LogP contribution in [0.2, 0.25) is 5.02 Å². The predicted molar refractivity (Wildman–Crippen MR) is 125 cm³/mol. The van der Waals surface area contributed by atoms with E-state index in [1.807, 2.05) is 43.3 Å². The van der Waals surface area contributed by atoms with Crippen molar-refractivity contribution in [2.75, 3.05) is 13.2 Å². The fraction of sp³-hybridized carbons (Fsp3) is 0.480. The number of nitrogens with one attached hydrogen (secondary N) is 2. The number of hydrogen-bond donors (Lipinski definition) is 3. The molecule has 0 saturated heterocycles. The lowest BCUT2D eigenvalue weighted by molar-refractivity contribution is -0.148. The van der Waals surface area contributed by atoms with Gasteiger partial charge in [0.15, 0.2) is 0 Å². The first-order chi connectivity index (χ1) is 15.5. The Hall–Kier alpha value is -2.12. The molecule has 2 aliphatic rings. The van der Waals surface area contributed by atoms with Gasteiger partial charge in [0.1, 0.15) is 5.75 Å². The number of amides is 1. The third kappa shape index (κ3) is 7.78. The number of ether oxygens (including phenoxy) is 1. The van der Waals surface area contributed by atoms with Crippen LogP contribution in [-0.2, 0) is 22.5 Å². The summed E-state index contributed by atoms with van der Waals surface area (Å²) in [6.45, 7) is 2.84. The molecule has 0 aliphatic carbocycles. The zero-order valence-electron chi connectivity index (χ0n) is 18.6. The minimum Gasteiger partial charge on any atom is -0.494 e. The maximum absolute atomic E-state index is 13.3. The van der Waals surface area contributed by atoms with Gasteiger partial charge in [-0.1, -0.05) is 41.5 Å². The molecule has 2 heterocycles. The smallest absolute Gasteiger partial charge is 0.223 e. The Morgan fingerprint density at radius 1 is 1.19 bits per heavy atom. The summed E-state index contributed by atoms with van der Waals surface area (Å²) >= 11 is 5.99. The van der Waals surface area contributed by atoms with Gasteiger partial charge < -0.3 is 10.1 Å². The molecule has 0 spiro atoms. The fourth-order valence-electron chi connectivity index (χ4n) is 4.31. The monoisotopic (exact) mass is 460 g/mol. The zero-order chi connectivity index (χ0) is 22.8. The Bertz CT molecular complexity index is 829. The van der Waals surface area contributed by atoms with Crippen molar-refractivity contribution in [2.45, 2.75) is 51.5 Å². The number of hydrogen-bond acceptors (Lipinski definition) is 5. The Morgan fingerprint density at radius 2 is 1.94 bits per heavy atom. The van der Waals surface area contributed by atoms with Crippen LogP contribution in [0.4, 0.5) is 0 Å². The third-order valence-electron chi connectivity index (χ3n) is 6.00. The molecule has 3 atom stereocenters. The minimum atomic E-state index is -0.220. The van der Waals surface area contributed by atoms with E-state index in [9.17, 15) is 4.79 Å². The van der Waals surface area contributed by atoms with Crippen LogP contribution in [0, 0.1) is 11.8 Å². The lowest BCUT2D eigenvalue weighted by Crippen LogP contribution is -2.42. The van der Waals surface area contributed by atoms with Crippen LogP contribution in [0.1, 0.15) is 43.7 Å². The molecule has 0 aromatic heterocycles. The van der Waals surface area contributed by atoms with Gasteiger partial charge in [0, 0.05) is 17.0 Å². The van der Waals surface area contributed by atoms with Crippen LogP contribution < -0.4 is 15.7 Å². The van der Waals surface area contributed by atoms with Crippen molar-refractivity contribution in [2.24, 2.45) is 11.8 Å². The molecule has 2 aromatic rings. The summed E-state index contributed by atoms with van der Waals surface area (Å²) in [5.74, 6) is 0.628. The quantitative estimate of drug-likeness (QED) is 0.521. The van der Waals surface area contributed by atoms with E-state index in [-0.39, 0.29) is 30.4 Å². The Morgan fingerprint density at radius 3 is 2.66 bits per heavy atom. The molecule has 7 heteroatoms. The van der Waals surface area contributed by atoms with E-state index in [0.29, 0.717) is 6.61 Å². The van der Waals surface area contributed by atoms with Crippen LogP contribution in [0.3, 0.4) is 0 Å². The van der Waals surface area contributed by atoms with Crippen molar-refractivity contribution in [3.8, 4) is 5.75 Å². The number of carbonyl (C=O) groups excluding carboxylic acids is 1. The maximum Gasteiger partial charge on any atom is 0.223 e. The normalized spacial score (nSPS) is 22.1. The van der Waals surface area contributed by atoms with Gasteiger partial charge in [-0.05, 0) is 86.8 Å². The number of aryl methyl sites for hydroxylation is 1. The van der Waals surface area contributed by atoms with Crippen molar-refractivity contribution in [3.63, 3.8) is 0 Å². The predicted octanol–water partition coefficient (Wildman–Crippen LogP) is 4.73. The molecule has 4 rings (SSSR count). The molecule has 2 bridgehead atoms. The first kappa shape index (κ1) is 24.5. The first-order valence-electron chi connectivity index (χ1n) is 11.3. The second-order valence-electron chi connectivity index (χ2n) is 8.54. The zero-order valence-corrected chi connectivity index (χ0v) is 19.3. The van der Waals surface area contributed by atoms with Gasteiger partial charge in [-0.3, -0.25) is 14.8 Å². The molecule has 2 aliphatic heterocycles. The average molecular weight is 461 g/mol. The molecular formula is C25H33ClN2O4. The first-order valence-corrected chi connectivity index (χ1v) is 11.7. The highest BCUT2D eigenvalue weighted by Crippen LogP contribution is 2.26. The van der Waals surface area contributed by atoms with Gasteiger partial charge in [0.05, 0.1) is 13.2 Å². The van der Waals surface area contributed by atoms with Crippen molar-refractivity contribution < 1.29 is 19.6 Å². The molecule has 0 saturated carbocycles. The third-order valence-corrected chi connectivity index (χ3v) is 6.26. The van der Waals surface area contributed by atoms with E-state index < -0.39 is 0 Å². The molecular weight excluding hydrogens is 428 g/mol. The van der Waals surface area contributed by atoms with Gasteiger partial charge >= 0.3 is 0 Å². The summed E-state index contributed by atoms with van der Waals surface area (Å²) in [6.07, 6.45) is 4.77. The van der Waals surface area contributed by atoms with Crippen LogP contribution >= 0.6 is 11.6 Å². The van der Waals surface area contributed by atoms with E-state index in [4.69, 9.17) is 26.4 Å². The van der Waals surface area contributed by atoms with Crippen LogP contribution in [0.15, 0.2) is 48.5 Å². The van der Waals surface area contributed by atoms with Crippen molar-refractivity contribution in [1.29, 1.82) is 0 Å². The van der Waals surface area contributed by atoms with E-state index in [2.05, 4.69) is 17.4 Å². The number of carbonyl (C=O) groups is 1. The van der Waals surface area contributed by atoms with Crippen LogP contribution in [0.25, 0.3) is 0 Å². The van der Waals surface area contributed by atoms with Crippen molar-refractivity contribution >= 4 is 17.5 Å². The molecule has 32 heavy (non-hydrogen) atoms. The summed E-state index contributed by atoms with van der Waals surface area (Å²) in [7, 11) is 0. The number of rotatable bonds is 7. The largest absolute Gasteiger partial charge is 0.494 e. The molecule has 2 aromatic carbocycles.